The highest BCUT2D eigenvalue weighted by atomic mass is 32.2. The number of hydrogen-bond acceptors (Lipinski definition) is 8. The second-order valence-electron chi connectivity index (χ2n) is 11.8. The molecule has 5 heterocycles. The number of nitrogens with one attached hydrogen (secondary N) is 2. The summed E-state index contributed by atoms with van der Waals surface area (Å²) in [5.74, 6) is 0.232. The third-order valence-corrected chi connectivity index (χ3v) is 9.61. The number of carbonyl (C=O) groups excluding carboxylic acids is 4. The molecule has 242 valence electrons. The lowest BCUT2D eigenvalue weighted by molar-refractivity contribution is -0.140. The van der Waals surface area contributed by atoms with Crippen molar-refractivity contribution < 1.29 is 27.8 Å². The highest BCUT2D eigenvalue weighted by Crippen LogP contribution is 2.23. The molecule has 46 heavy (non-hydrogen) atoms. The fourth-order valence-electron chi connectivity index (χ4n) is 5.91. The third kappa shape index (κ3) is 7.27. The van der Waals surface area contributed by atoms with E-state index in [2.05, 4.69) is 15.6 Å². The molecule has 13 nitrogen and oxygen atoms in total. The van der Waals surface area contributed by atoms with Gasteiger partial charge in [-0.1, -0.05) is 0 Å². The van der Waals surface area contributed by atoms with E-state index in [0.29, 0.717) is 49.6 Å². The van der Waals surface area contributed by atoms with Crippen LogP contribution in [0.25, 0.3) is 11.0 Å². The summed E-state index contributed by atoms with van der Waals surface area (Å²) in [4.78, 5) is 66.5. The first-order valence-corrected chi connectivity index (χ1v) is 17.1. The van der Waals surface area contributed by atoms with Crippen molar-refractivity contribution in [1.82, 2.24) is 25.0 Å². The van der Waals surface area contributed by atoms with Crippen LogP contribution in [0.15, 0.2) is 52.0 Å². The smallest absolute Gasteiger partial charge is 0.273 e. The van der Waals surface area contributed by atoms with E-state index in [0.717, 1.165) is 36.8 Å². The quantitative estimate of drug-likeness (QED) is 0.305. The number of anilines is 1. The van der Waals surface area contributed by atoms with Crippen LogP contribution in [0.3, 0.4) is 0 Å². The minimum absolute atomic E-state index is 0.0144. The van der Waals surface area contributed by atoms with Crippen molar-refractivity contribution in [2.75, 3.05) is 49.7 Å². The van der Waals surface area contributed by atoms with Gasteiger partial charge in [0.15, 0.2) is 0 Å². The Labute approximate surface area is 268 Å². The Morgan fingerprint density at radius 1 is 1.02 bits per heavy atom. The molecule has 3 fully saturated rings. The summed E-state index contributed by atoms with van der Waals surface area (Å²) in [5.41, 5.74) is 1.67. The summed E-state index contributed by atoms with van der Waals surface area (Å²) in [5, 5.41) is 6.81. The van der Waals surface area contributed by atoms with Gasteiger partial charge in [-0.05, 0) is 75.4 Å². The second kappa shape index (κ2) is 13.8. The maximum atomic E-state index is 13.7. The standard InChI is InChI=1S/C32H37N7O6S/c1-21-16-23-17-24(8-10-27(23)45-21)34-32(35-26-6-2-3-13-38(31(26)43)19-28(40)37-11-4-5-12-37)36-29(41)22-7-9-25(33-18-22)30(42)39-14-15-46(44)20-39/h7-10,16-18,26H,2-6,11-15,19-20H2,1H3,(H2,34,35,36,41). The van der Waals surface area contributed by atoms with E-state index in [9.17, 15) is 23.4 Å². The minimum atomic E-state index is -1.06. The Kier molecular flexibility index (Phi) is 9.43. The Morgan fingerprint density at radius 3 is 2.57 bits per heavy atom. The van der Waals surface area contributed by atoms with Crippen molar-refractivity contribution in [2.24, 2.45) is 4.99 Å². The van der Waals surface area contributed by atoms with E-state index in [-0.39, 0.29) is 47.4 Å². The van der Waals surface area contributed by atoms with Crippen LogP contribution in [0.2, 0.25) is 0 Å². The van der Waals surface area contributed by atoms with Crippen molar-refractivity contribution in [1.29, 1.82) is 0 Å². The largest absolute Gasteiger partial charge is 0.461 e. The summed E-state index contributed by atoms with van der Waals surface area (Å²) in [7, 11) is -1.06. The normalized spacial score (nSPS) is 20.7. The van der Waals surface area contributed by atoms with Gasteiger partial charge in [-0.3, -0.25) is 33.7 Å². The topological polar surface area (TPSA) is 158 Å². The van der Waals surface area contributed by atoms with Gasteiger partial charge in [0, 0.05) is 60.0 Å². The Hall–Kier alpha value is -4.59. The molecule has 0 spiro atoms. The molecule has 4 amide bonds. The number of likely N-dealkylation sites (tertiary alicyclic amines) is 2. The number of aromatic nitrogens is 1. The monoisotopic (exact) mass is 647 g/mol. The summed E-state index contributed by atoms with van der Waals surface area (Å²) < 4.78 is 17.4. The number of fused-ring (bicyclic) bond motifs is 1. The first-order chi connectivity index (χ1) is 22.2. The SMILES string of the molecule is Cc1cc2cc(NC(=NC3CCCCN(CC(=O)N4CCCC4)C3=O)NC(=O)c3ccc(C(=O)N4CCS(=O)C4)nc3)ccc2o1. The number of rotatable bonds is 6. The number of amides is 4. The Bertz CT molecular complexity index is 1700. The van der Waals surface area contributed by atoms with Gasteiger partial charge in [0.2, 0.25) is 17.8 Å². The van der Waals surface area contributed by atoms with E-state index < -0.39 is 22.7 Å². The fraction of sp³-hybridized carbons (Fsp3) is 0.438. The predicted octanol–water partition coefficient (Wildman–Crippen LogP) is 2.50. The number of furan rings is 1. The van der Waals surface area contributed by atoms with Crippen LogP contribution >= 0.6 is 0 Å². The van der Waals surface area contributed by atoms with E-state index in [1.165, 1.54) is 23.2 Å². The number of hydrogen-bond donors (Lipinski definition) is 2. The van der Waals surface area contributed by atoms with Crippen LogP contribution in [-0.4, -0.2) is 104 Å². The zero-order valence-corrected chi connectivity index (χ0v) is 26.5. The molecular weight excluding hydrogens is 610 g/mol. The zero-order valence-electron chi connectivity index (χ0n) is 25.7. The van der Waals surface area contributed by atoms with Crippen LogP contribution in [-0.2, 0) is 20.4 Å². The number of nitrogens with zero attached hydrogens (tertiary/aromatic N) is 5. The van der Waals surface area contributed by atoms with Gasteiger partial charge >= 0.3 is 0 Å². The van der Waals surface area contributed by atoms with Gasteiger partial charge in [0.1, 0.15) is 23.1 Å². The maximum absolute atomic E-state index is 13.7. The second-order valence-corrected chi connectivity index (χ2v) is 13.3. The third-order valence-electron chi connectivity index (χ3n) is 8.38. The number of aliphatic imine (C=N–C) groups is 1. The van der Waals surface area contributed by atoms with Crippen LogP contribution < -0.4 is 10.6 Å². The average molecular weight is 648 g/mol. The number of benzene rings is 1. The molecule has 3 aliphatic heterocycles. The first-order valence-electron chi connectivity index (χ1n) is 15.6. The van der Waals surface area contributed by atoms with Crippen molar-refractivity contribution in [3.05, 3.63) is 59.6 Å². The van der Waals surface area contributed by atoms with Crippen molar-refractivity contribution in [3.63, 3.8) is 0 Å². The van der Waals surface area contributed by atoms with E-state index >= 15 is 0 Å². The number of carbonyl (C=O) groups is 4. The molecule has 0 saturated carbocycles. The van der Waals surface area contributed by atoms with Gasteiger partial charge in [0.05, 0.1) is 18.0 Å². The first kappa shape index (κ1) is 31.4. The minimum Gasteiger partial charge on any atom is -0.461 e. The summed E-state index contributed by atoms with van der Waals surface area (Å²) >= 11 is 0. The Morgan fingerprint density at radius 2 is 1.83 bits per heavy atom. The molecule has 2 N–H and O–H groups in total. The van der Waals surface area contributed by atoms with E-state index in [1.54, 1.807) is 15.9 Å². The molecule has 3 aromatic rings. The molecule has 2 atom stereocenters. The lowest BCUT2D eigenvalue weighted by Crippen LogP contribution is -2.45. The molecule has 6 rings (SSSR count). The molecule has 2 unspecified atom stereocenters. The van der Waals surface area contributed by atoms with Crippen molar-refractivity contribution >= 4 is 57.0 Å². The maximum Gasteiger partial charge on any atom is 0.273 e. The highest BCUT2D eigenvalue weighted by Gasteiger charge is 2.31. The van der Waals surface area contributed by atoms with Crippen LogP contribution in [0.1, 0.15) is 58.7 Å². The van der Waals surface area contributed by atoms with Gasteiger partial charge in [-0.15, -0.1) is 0 Å². The number of guanidine groups is 1. The summed E-state index contributed by atoms with van der Waals surface area (Å²) in [6.45, 7) is 4.17. The Balaban J connectivity index is 1.22. The number of pyridine rings is 1. The van der Waals surface area contributed by atoms with E-state index in [1.807, 2.05) is 25.1 Å². The number of aryl methyl sites for hydroxylation is 1. The molecule has 2 aromatic heterocycles. The average Bonchev–Trinajstić information content (AvgIpc) is 3.80. The van der Waals surface area contributed by atoms with Gasteiger partial charge in [0.25, 0.3) is 11.8 Å². The fourth-order valence-corrected chi connectivity index (χ4v) is 7.05. The molecule has 14 heteroatoms. The molecule has 1 aromatic carbocycles. The van der Waals surface area contributed by atoms with E-state index in [4.69, 9.17) is 9.41 Å². The molecular formula is C32H37N7O6S. The lowest BCUT2D eigenvalue weighted by atomic mass is 10.1. The van der Waals surface area contributed by atoms with Gasteiger partial charge < -0.3 is 24.4 Å². The predicted molar refractivity (Wildman–Crippen MR) is 173 cm³/mol. The molecule has 3 saturated heterocycles. The molecule has 0 radical (unpaired) electrons. The van der Waals surface area contributed by atoms with Crippen LogP contribution in [0.4, 0.5) is 5.69 Å². The zero-order chi connectivity index (χ0) is 32.2. The van der Waals surface area contributed by atoms with Crippen LogP contribution in [0.5, 0.6) is 0 Å². The lowest BCUT2D eigenvalue weighted by Gasteiger charge is -2.25. The van der Waals surface area contributed by atoms with Crippen molar-refractivity contribution in [2.45, 2.75) is 45.1 Å². The molecule has 0 aliphatic carbocycles. The van der Waals surface area contributed by atoms with Crippen molar-refractivity contribution in [3.8, 4) is 0 Å². The summed E-state index contributed by atoms with van der Waals surface area (Å²) in [6.07, 6.45) is 5.20. The molecule has 0 bridgehead atoms. The van der Waals surface area contributed by atoms with Gasteiger partial charge in [-0.25, -0.2) is 4.99 Å². The highest BCUT2D eigenvalue weighted by molar-refractivity contribution is 7.85. The van der Waals surface area contributed by atoms with Gasteiger partial charge in [-0.2, -0.15) is 0 Å². The molecule has 3 aliphatic rings. The van der Waals surface area contributed by atoms with Crippen LogP contribution in [0, 0.1) is 6.92 Å². The summed E-state index contributed by atoms with van der Waals surface area (Å²) in [6, 6.07) is 9.50.